The monoisotopic (exact) mass is 242 g/mol. The minimum absolute atomic E-state index is 0.0234. The van der Waals surface area contributed by atoms with Gasteiger partial charge in [0.25, 0.3) is 0 Å². The van der Waals surface area contributed by atoms with Gasteiger partial charge in [0.15, 0.2) is 0 Å². The van der Waals surface area contributed by atoms with Crippen molar-refractivity contribution in [1.82, 2.24) is 9.80 Å². The second kappa shape index (κ2) is 6.17. The average Bonchev–Trinajstić information content (AvgIpc) is 2.63. The molecule has 1 N–H and O–H groups in total. The van der Waals surface area contributed by atoms with E-state index in [1.54, 1.807) is 0 Å². The van der Waals surface area contributed by atoms with Gasteiger partial charge < -0.3 is 10.0 Å². The Morgan fingerprint density at radius 2 is 2.12 bits per heavy atom. The van der Waals surface area contributed by atoms with Crippen LogP contribution in [0.15, 0.2) is 0 Å². The van der Waals surface area contributed by atoms with Crippen LogP contribution in [0.4, 0.5) is 0 Å². The smallest absolute Gasteiger partial charge is 0.0575 e. The van der Waals surface area contributed by atoms with Crippen LogP contribution in [0.25, 0.3) is 0 Å². The minimum atomic E-state index is -0.254. The number of hydrogen-bond acceptors (Lipinski definition) is 3. The second-order valence-corrected chi connectivity index (χ2v) is 6.29. The van der Waals surface area contributed by atoms with E-state index in [4.69, 9.17) is 0 Å². The molecule has 3 nitrogen and oxygen atoms in total. The fourth-order valence-electron chi connectivity index (χ4n) is 2.77. The van der Waals surface area contributed by atoms with E-state index >= 15 is 0 Å². The number of nitrogens with zero attached hydrogens (tertiary/aromatic N) is 2. The summed E-state index contributed by atoms with van der Waals surface area (Å²) in [7, 11) is 2.18. The first-order valence-electron chi connectivity index (χ1n) is 6.97. The number of aliphatic hydroxyl groups is 1. The third-order valence-corrected chi connectivity index (χ3v) is 4.24. The van der Waals surface area contributed by atoms with Crippen molar-refractivity contribution in [2.24, 2.45) is 5.41 Å². The third-order valence-electron chi connectivity index (χ3n) is 4.24. The number of rotatable bonds is 6. The maximum Gasteiger partial charge on any atom is 0.0575 e. The Labute approximate surface area is 107 Å². The molecule has 3 heteroatoms. The van der Waals surface area contributed by atoms with E-state index in [0.29, 0.717) is 0 Å². The zero-order valence-electron chi connectivity index (χ0n) is 12.2. The maximum absolute atomic E-state index is 9.75. The fourth-order valence-corrected chi connectivity index (χ4v) is 2.77. The Balaban J connectivity index is 2.41. The minimum Gasteiger partial charge on any atom is -0.393 e. The van der Waals surface area contributed by atoms with Gasteiger partial charge >= 0.3 is 0 Å². The lowest BCUT2D eigenvalue weighted by Crippen LogP contribution is -2.44. The predicted octanol–water partition coefficient (Wildman–Crippen LogP) is 1.81. The molecule has 2 atom stereocenters. The van der Waals surface area contributed by atoms with Crippen LogP contribution in [-0.2, 0) is 0 Å². The lowest BCUT2D eigenvalue weighted by molar-refractivity contribution is 0.0356. The molecule has 102 valence electrons. The zero-order chi connectivity index (χ0) is 13.1. The first kappa shape index (κ1) is 14.9. The van der Waals surface area contributed by atoms with Crippen LogP contribution >= 0.6 is 0 Å². The van der Waals surface area contributed by atoms with E-state index in [-0.39, 0.29) is 11.5 Å². The molecule has 2 unspecified atom stereocenters. The summed E-state index contributed by atoms with van der Waals surface area (Å²) in [5.41, 5.74) is -0.0234. The lowest BCUT2D eigenvalue weighted by atomic mass is 9.87. The van der Waals surface area contributed by atoms with Crippen molar-refractivity contribution in [3.8, 4) is 0 Å². The van der Waals surface area contributed by atoms with E-state index in [0.717, 1.165) is 25.7 Å². The summed E-state index contributed by atoms with van der Waals surface area (Å²) in [6, 6.07) is 0.717. The van der Waals surface area contributed by atoms with Crippen LogP contribution in [0.2, 0.25) is 0 Å². The fraction of sp³-hybridized carbons (Fsp3) is 1.00. The Bertz CT molecular complexity index is 228. The van der Waals surface area contributed by atoms with E-state index in [2.05, 4.69) is 37.6 Å². The summed E-state index contributed by atoms with van der Waals surface area (Å²) in [5.74, 6) is 0. The second-order valence-electron chi connectivity index (χ2n) is 6.29. The molecular weight excluding hydrogens is 212 g/mol. The molecule has 1 heterocycles. The Hall–Kier alpha value is -0.120. The topological polar surface area (TPSA) is 26.7 Å². The van der Waals surface area contributed by atoms with Crippen LogP contribution in [0.1, 0.15) is 40.5 Å². The normalized spacial score (nSPS) is 24.5. The van der Waals surface area contributed by atoms with Crippen molar-refractivity contribution in [2.45, 2.75) is 52.7 Å². The molecule has 1 rings (SSSR count). The van der Waals surface area contributed by atoms with Gasteiger partial charge in [0.05, 0.1) is 6.10 Å². The van der Waals surface area contributed by atoms with Gasteiger partial charge in [0.2, 0.25) is 0 Å². The van der Waals surface area contributed by atoms with Crippen LogP contribution < -0.4 is 0 Å². The highest BCUT2D eigenvalue weighted by Gasteiger charge is 2.29. The molecule has 1 aliphatic heterocycles. The van der Waals surface area contributed by atoms with Crippen LogP contribution in [0.5, 0.6) is 0 Å². The molecule has 0 amide bonds. The Morgan fingerprint density at radius 3 is 2.65 bits per heavy atom. The molecule has 1 aliphatic rings. The highest BCUT2D eigenvalue weighted by molar-refractivity contribution is 4.83. The van der Waals surface area contributed by atoms with E-state index in [1.807, 2.05) is 6.92 Å². The van der Waals surface area contributed by atoms with Crippen molar-refractivity contribution >= 4 is 0 Å². The van der Waals surface area contributed by atoms with Gasteiger partial charge in [-0.05, 0) is 39.9 Å². The highest BCUT2D eigenvalue weighted by atomic mass is 16.3. The number of likely N-dealkylation sites (tertiary alicyclic amines) is 1. The van der Waals surface area contributed by atoms with Gasteiger partial charge in [0, 0.05) is 24.5 Å². The van der Waals surface area contributed by atoms with Crippen LogP contribution in [-0.4, -0.2) is 60.3 Å². The third kappa shape index (κ3) is 4.23. The van der Waals surface area contributed by atoms with Crippen molar-refractivity contribution in [3.63, 3.8) is 0 Å². The van der Waals surface area contributed by atoms with Crippen molar-refractivity contribution < 1.29 is 5.11 Å². The van der Waals surface area contributed by atoms with Gasteiger partial charge in [-0.15, -0.1) is 0 Å². The molecule has 0 spiro atoms. The maximum atomic E-state index is 9.75. The van der Waals surface area contributed by atoms with E-state index < -0.39 is 0 Å². The van der Waals surface area contributed by atoms with Crippen LogP contribution in [0, 0.1) is 5.41 Å². The molecule has 0 aromatic carbocycles. The Morgan fingerprint density at radius 1 is 1.47 bits per heavy atom. The summed E-state index contributed by atoms with van der Waals surface area (Å²) in [6.45, 7) is 12.9. The summed E-state index contributed by atoms with van der Waals surface area (Å²) >= 11 is 0. The van der Waals surface area contributed by atoms with Crippen molar-refractivity contribution in [3.05, 3.63) is 0 Å². The summed E-state index contributed by atoms with van der Waals surface area (Å²) < 4.78 is 0. The van der Waals surface area contributed by atoms with Gasteiger partial charge in [-0.1, -0.05) is 20.8 Å². The number of aliphatic hydroxyl groups excluding tert-OH is 1. The lowest BCUT2D eigenvalue weighted by Gasteiger charge is -2.35. The molecule has 0 aromatic heterocycles. The zero-order valence-corrected chi connectivity index (χ0v) is 12.2. The molecule has 1 saturated heterocycles. The molecule has 1 fully saturated rings. The van der Waals surface area contributed by atoms with Crippen LogP contribution in [0.3, 0.4) is 0 Å². The first-order chi connectivity index (χ1) is 7.86. The standard InChI is InChI=1S/C14H30N2O/c1-6-16-9-7-8-13(16)10-15(5)11-14(3,4)12(2)17/h12-13,17H,6-11H2,1-5H3. The predicted molar refractivity (Wildman–Crippen MR) is 73.2 cm³/mol. The quantitative estimate of drug-likeness (QED) is 0.769. The van der Waals surface area contributed by atoms with Gasteiger partial charge in [-0.25, -0.2) is 0 Å². The molecular formula is C14H30N2O. The molecule has 0 aromatic rings. The van der Waals surface area contributed by atoms with Gasteiger partial charge in [-0.3, -0.25) is 4.90 Å². The number of hydrogen-bond donors (Lipinski definition) is 1. The molecule has 0 bridgehead atoms. The van der Waals surface area contributed by atoms with Gasteiger partial charge in [-0.2, -0.15) is 0 Å². The average molecular weight is 242 g/mol. The largest absolute Gasteiger partial charge is 0.393 e. The first-order valence-corrected chi connectivity index (χ1v) is 6.97. The van der Waals surface area contributed by atoms with Crippen molar-refractivity contribution in [2.75, 3.05) is 33.2 Å². The van der Waals surface area contributed by atoms with E-state index in [9.17, 15) is 5.11 Å². The molecule has 17 heavy (non-hydrogen) atoms. The molecule has 0 radical (unpaired) electrons. The van der Waals surface area contributed by atoms with E-state index in [1.165, 1.54) is 19.4 Å². The molecule has 0 aliphatic carbocycles. The molecule has 0 saturated carbocycles. The number of likely N-dealkylation sites (N-methyl/N-ethyl adjacent to an activating group) is 2. The van der Waals surface area contributed by atoms with Crippen molar-refractivity contribution in [1.29, 1.82) is 0 Å². The van der Waals surface area contributed by atoms with Gasteiger partial charge in [0.1, 0.15) is 0 Å². The highest BCUT2D eigenvalue weighted by Crippen LogP contribution is 2.23. The summed E-state index contributed by atoms with van der Waals surface area (Å²) in [5, 5.41) is 9.75. The SMILES string of the molecule is CCN1CCCC1CN(C)CC(C)(C)C(C)O. The summed E-state index contributed by atoms with van der Waals surface area (Å²) in [4.78, 5) is 4.96. The Kier molecular flexibility index (Phi) is 5.42. The summed E-state index contributed by atoms with van der Waals surface area (Å²) in [6.07, 6.45) is 2.41.